The van der Waals surface area contributed by atoms with E-state index < -0.39 is 0 Å². The van der Waals surface area contributed by atoms with Gasteiger partial charge in [-0.15, -0.1) is 24.0 Å². The zero-order valence-corrected chi connectivity index (χ0v) is 21.3. The predicted octanol–water partition coefficient (Wildman–Crippen LogP) is 4.38. The van der Waals surface area contributed by atoms with E-state index in [0.717, 1.165) is 75.1 Å². The van der Waals surface area contributed by atoms with Crippen molar-refractivity contribution in [2.24, 2.45) is 10.9 Å². The van der Waals surface area contributed by atoms with E-state index in [2.05, 4.69) is 39.9 Å². The van der Waals surface area contributed by atoms with Gasteiger partial charge in [0.1, 0.15) is 12.4 Å². The number of nitrogens with one attached hydrogen (secondary N) is 2. The standard InChI is InChI=1S/C25H35N3O3.HI/c1-26-25(27-13-6-14-30-19-22-11-15-29-16-12-22)28-18-23-9-5-10-24(17-23)31-20-21-7-3-2-4-8-21;/h2-5,7-10,17,22H,6,11-16,18-20H2,1H3,(H2,26,27,28);1H. The normalized spacial score (nSPS) is 14.5. The van der Waals surface area contributed by atoms with Crippen LogP contribution in [0.25, 0.3) is 0 Å². The van der Waals surface area contributed by atoms with Crippen molar-refractivity contribution in [1.82, 2.24) is 10.6 Å². The van der Waals surface area contributed by atoms with Gasteiger partial charge in [-0.05, 0) is 48.4 Å². The van der Waals surface area contributed by atoms with Crippen molar-refractivity contribution in [2.45, 2.75) is 32.4 Å². The average Bonchev–Trinajstić information content (AvgIpc) is 2.83. The largest absolute Gasteiger partial charge is 0.489 e. The fourth-order valence-electron chi connectivity index (χ4n) is 3.44. The van der Waals surface area contributed by atoms with Gasteiger partial charge in [-0.1, -0.05) is 42.5 Å². The van der Waals surface area contributed by atoms with Crippen LogP contribution in [0.4, 0.5) is 0 Å². The average molecular weight is 553 g/mol. The lowest BCUT2D eigenvalue weighted by Crippen LogP contribution is -2.37. The number of hydrogen-bond acceptors (Lipinski definition) is 4. The van der Waals surface area contributed by atoms with E-state index in [-0.39, 0.29) is 24.0 Å². The number of rotatable bonds is 11. The highest BCUT2D eigenvalue weighted by molar-refractivity contribution is 14.0. The molecule has 2 aromatic carbocycles. The maximum Gasteiger partial charge on any atom is 0.191 e. The van der Waals surface area contributed by atoms with Crippen molar-refractivity contribution < 1.29 is 14.2 Å². The molecular weight excluding hydrogens is 517 g/mol. The van der Waals surface area contributed by atoms with E-state index >= 15 is 0 Å². The lowest BCUT2D eigenvalue weighted by molar-refractivity contribution is 0.0203. The molecule has 1 fully saturated rings. The Morgan fingerprint density at radius 1 is 1.03 bits per heavy atom. The van der Waals surface area contributed by atoms with Gasteiger partial charge < -0.3 is 24.8 Å². The van der Waals surface area contributed by atoms with Gasteiger partial charge in [0.15, 0.2) is 5.96 Å². The molecule has 2 aromatic rings. The quantitative estimate of drug-likeness (QED) is 0.187. The number of ether oxygens (including phenoxy) is 3. The van der Waals surface area contributed by atoms with Crippen molar-refractivity contribution in [3.63, 3.8) is 0 Å². The Balaban J connectivity index is 0.00000363. The van der Waals surface area contributed by atoms with Crippen molar-refractivity contribution >= 4 is 29.9 Å². The van der Waals surface area contributed by atoms with E-state index in [9.17, 15) is 0 Å². The molecule has 0 radical (unpaired) electrons. The number of nitrogens with zero attached hydrogens (tertiary/aromatic N) is 1. The molecule has 6 nitrogen and oxygen atoms in total. The molecule has 1 aliphatic rings. The minimum absolute atomic E-state index is 0. The van der Waals surface area contributed by atoms with Crippen molar-refractivity contribution in [3.05, 3.63) is 65.7 Å². The van der Waals surface area contributed by atoms with Crippen LogP contribution in [0.15, 0.2) is 59.6 Å². The monoisotopic (exact) mass is 553 g/mol. The zero-order chi connectivity index (χ0) is 21.6. The van der Waals surface area contributed by atoms with Gasteiger partial charge in [0.2, 0.25) is 0 Å². The Hall–Kier alpha value is -1.84. The van der Waals surface area contributed by atoms with Crippen LogP contribution < -0.4 is 15.4 Å². The third-order valence-electron chi connectivity index (χ3n) is 5.28. The smallest absolute Gasteiger partial charge is 0.191 e. The van der Waals surface area contributed by atoms with Gasteiger partial charge in [0, 0.05) is 46.6 Å². The Kier molecular flexibility index (Phi) is 13.1. The second-order valence-electron chi connectivity index (χ2n) is 7.76. The SMILES string of the molecule is CN=C(NCCCOCC1CCOCC1)NCc1cccc(OCc2ccccc2)c1.I. The predicted molar refractivity (Wildman–Crippen MR) is 140 cm³/mol. The van der Waals surface area contributed by atoms with Crippen LogP contribution in [-0.4, -0.2) is 46.0 Å². The lowest BCUT2D eigenvalue weighted by atomic mass is 10.0. The molecule has 0 aliphatic carbocycles. The van der Waals surface area contributed by atoms with E-state index in [4.69, 9.17) is 14.2 Å². The van der Waals surface area contributed by atoms with Crippen molar-refractivity contribution in [1.29, 1.82) is 0 Å². The highest BCUT2D eigenvalue weighted by atomic mass is 127. The highest BCUT2D eigenvalue weighted by Crippen LogP contribution is 2.16. The summed E-state index contributed by atoms with van der Waals surface area (Å²) in [7, 11) is 1.79. The fourth-order valence-corrected chi connectivity index (χ4v) is 3.44. The first kappa shape index (κ1) is 26.4. The Labute approximate surface area is 209 Å². The summed E-state index contributed by atoms with van der Waals surface area (Å²) in [5, 5.41) is 6.70. The minimum atomic E-state index is 0. The summed E-state index contributed by atoms with van der Waals surface area (Å²) in [5.41, 5.74) is 2.31. The maximum absolute atomic E-state index is 5.92. The van der Waals surface area contributed by atoms with E-state index in [0.29, 0.717) is 19.1 Å². The first-order valence-corrected chi connectivity index (χ1v) is 11.2. The van der Waals surface area contributed by atoms with Crippen LogP contribution >= 0.6 is 24.0 Å². The highest BCUT2D eigenvalue weighted by Gasteiger charge is 2.13. The molecule has 7 heteroatoms. The third-order valence-corrected chi connectivity index (χ3v) is 5.28. The van der Waals surface area contributed by atoms with Crippen LogP contribution in [0.3, 0.4) is 0 Å². The molecule has 0 spiro atoms. The molecule has 1 heterocycles. The third kappa shape index (κ3) is 10.2. The van der Waals surface area contributed by atoms with Gasteiger partial charge in [0.25, 0.3) is 0 Å². The topological polar surface area (TPSA) is 64.1 Å². The summed E-state index contributed by atoms with van der Waals surface area (Å²) >= 11 is 0. The fraction of sp³-hybridized carbons (Fsp3) is 0.480. The summed E-state index contributed by atoms with van der Waals surface area (Å²) in [6.07, 6.45) is 3.19. The van der Waals surface area contributed by atoms with Gasteiger partial charge in [0.05, 0.1) is 0 Å². The molecule has 0 unspecified atom stereocenters. The second kappa shape index (κ2) is 15.9. The Morgan fingerprint density at radius 3 is 2.59 bits per heavy atom. The van der Waals surface area contributed by atoms with Crippen LogP contribution in [0, 0.1) is 5.92 Å². The number of halogens is 1. The number of benzene rings is 2. The minimum Gasteiger partial charge on any atom is -0.489 e. The van der Waals surface area contributed by atoms with Gasteiger partial charge in [-0.2, -0.15) is 0 Å². The van der Waals surface area contributed by atoms with Crippen LogP contribution in [0.5, 0.6) is 5.75 Å². The van der Waals surface area contributed by atoms with E-state index in [1.54, 1.807) is 7.05 Å². The van der Waals surface area contributed by atoms with Crippen LogP contribution in [-0.2, 0) is 22.6 Å². The number of aliphatic imine (C=N–C) groups is 1. The zero-order valence-electron chi connectivity index (χ0n) is 18.9. The molecule has 0 amide bonds. The van der Waals surface area contributed by atoms with Crippen LogP contribution in [0.1, 0.15) is 30.4 Å². The first-order valence-electron chi connectivity index (χ1n) is 11.2. The van der Waals surface area contributed by atoms with Crippen molar-refractivity contribution in [3.8, 4) is 5.75 Å². The molecule has 176 valence electrons. The summed E-state index contributed by atoms with van der Waals surface area (Å²) in [4.78, 5) is 4.30. The molecule has 2 N–H and O–H groups in total. The first-order chi connectivity index (χ1) is 15.3. The summed E-state index contributed by atoms with van der Waals surface area (Å²) in [6, 6.07) is 18.3. The molecule has 3 rings (SSSR count). The second-order valence-corrected chi connectivity index (χ2v) is 7.76. The van der Waals surface area contributed by atoms with E-state index in [1.165, 1.54) is 0 Å². The molecule has 0 atom stereocenters. The summed E-state index contributed by atoms with van der Waals surface area (Å²) in [5.74, 6) is 2.32. The molecule has 0 bridgehead atoms. The maximum atomic E-state index is 5.92. The van der Waals surface area contributed by atoms with Gasteiger partial charge in [-0.3, -0.25) is 4.99 Å². The summed E-state index contributed by atoms with van der Waals surface area (Å²) < 4.78 is 17.1. The Morgan fingerprint density at radius 2 is 1.81 bits per heavy atom. The molecular formula is C25H36IN3O3. The molecule has 1 saturated heterocycles. The molecule has 0 aromatic heterocycles. The van der Waals surface area contributed by atoms with Crippen molar-refractivity contribution in [2.75, 3.05) is 40.0 Å². The number of hydrogen-bond donors (Lipinski definition) is 2. The molecule has 32 heavy (non-hydrogen) atoms. The lowest BCUT2D eigenvalue weighted by Gasteiger charge is -2.21. The van der Waals surface area contributed by atoms with Gasteiger partial charge >= 0.3 is 0 Å². The molecule has 1 aliphatic heterocycles. The van der Waals surface area contributed by atoms with Gasteiger partial charge in [-0.25, -0.2) is 0 Å². The van der Waals surface area contributed by atoms with E-state index in [1.807, 2.05) is 30.3 Å². The number of guanidine groups is 1. The molecule has 0 saturated carbocycles. The van der Waals surface area contributed by atoms with Crippen LogP contribution in [0.2, 0.25) is 0 Å². The summed E-state index contributed by atoms with van der Waals surface area (Å²) in [6.45, 7) is 5.44. The Bertz CT molecular complexity index is 783.